The highest BCUT2D eigenvalue weighted by atomic mass is 16.5. The maximum atomic E-state index is 12.6. The molecular weight excluding hydrogens is 340 g/mol. The molecule has 0 aliphatic heterocycles. The van der Waals surface area contributed by atoms with E-state index in [0.717, 1.165) is 16.9 Å². The van der Waals surface area contributed by atoms with Crippen LogP contribution < -0.4 is 10.1 Å². The number of nitrogens with one attached hydrogen (secondary N) is 1. The monoisotopic (exact) mass is 364 g/mol. The van der Waals surface area contributed by atoms with E-state index in [9.17, 15) is 4.79 Å². The van der Waals surface area contributed by atoms with Gasteiger partial charge in [-0.15, -0.1) is 0 Å². The second-order valence-corrected chi connectivity index (χ2v) is 6.16. The lowest BCUT2D eigenvalue weighted by Gasteiger charge is -2.19. The Morgan fingerprint density at radius 3 is 2.52 bits per heavy atom. The van der Waals surface area contributed by atoms with Crippen molar-refractivity contribution in [3.8, 4) is 5.75 Å². The van der Waals surface area contributed by atoms with Gasteiger partial charge in [-0.2, -0.15) is 15.0 Å². The SMILES string of the molecule is CCOc1ccccc1CCC(=O)NC(Cn1nccn1)c1ccccc1. The van der Waals surface area contributed by atoms with E-state index in [2.05, 4.69) is 15.5 Å². The van der Waals surface area contributed by atoms with Crippen LogP contribution in [0.1, 0.15) is 30.5 Å². The third-order valence-electron chi connectivity index (χ3n) is 4.24. The molecule has 1 unspecified atom stereocenters. The van der Waals surface area contributed by atoms with Crippen molar-refractivity contribution in [1.82, 2.24) is 20.3 Å². The largest absolute Gasteiger partial charge is 0.494 e. The minimum atomic E-state index is -0.187. The molecule has 2 aromatic carbocycles. The number of carbonyl (C=O) groups excluding carboxylic acids is 1. The molecule has 0 saturated heterocycles. The van der Waals surface area contributed by atoms with Gasteiger partial charge in [0.15, 0.2) is 0 Å². The molecule has 3 rings (SSSR count). The van der Waals surface area contributed by atoms with Gasteiger partial charge in [0.05, 0.1) is 31.6 Å². The standard InChI is InChI=1S/C21H24N4O2/c1-2-27-20-11-7-6-10-18(20)12-13-21(26)24-19(16-25-22-14-15-23-25)17-8-4-3-5-9-17/h3-11,14-15,19H,2,12-13,16H2,1H3,(H,24,26). The summed E-state index contributed by atoms with van der Waals surface area (Å²) in [6.07, 6.45) is 4.28. The van der Waals surface area contributed by atoms with Crippen LogP contribution in [-0.2, 0) is 17.8 Å². The molecule has 1 atom stereocenters. The smallest absolute Gasteiger partial charge is 0.220 e. The number of hydrogen-bond donors (Lipinski definition) is 1. The van der Waals surface area contributed by atoms with Crippen molar-refractivity contribution in [2.45, 2.75) is 32.4 Å². The lowest BCUT2D eigenvalue weighted by molar-refractivity contribution is -0.121. The molecule has 0 fully saturated rings. The van der Waals surface area contributed by atoms with Crippen molar-refractivity contribution < 1.29 is 9.53 Å². The molecule has 1 heterocycles. The van der Waals surface area contributed by atoms with Crippen molar-refractivity contribution in [3.05, 3.63) is 78.1 Å². The van der Waals surface area contributed by atoms with Crippen molar-refractivity contribution in [2.24, 2.45) is 0 Å². The van der Waals surface area contributed by atoms with E-state index in [-0.39, 0.29) is 11.9 Å². The van der Waals surface area contributed by atoms with E-state index in [1.807, 2.05) is 61.5 Å². The number of nitrogens with zero attached hydrogens (tertiary/aromatic N) is 3. The van der Waals surface area contributed by atoms with E-state index in [1.165, 1.54) is 0 Å². The van der Waals surface area contributed by atoms with Crippen LogP contribution in [0.25, 0.3) is 0 Å². The number of rotatable bonds is 9. The van der Waals surface area contributed by atoms with Crippen LogP contribution in [0.2, 0.25) is 0 Å². The Bertz CT molecular complexity index is 834. The Kier molecular flexibility index (Phi) is 6.57. The van der Waals surface area contributed by atoms with E-state index >= 15 is 0 Å². The molecule has 0 bridgehead atoms. The van der Waals surface area contributed by atoms with E-state index in [4.69, 9.17) is 4.74 Å². The molecule has 0 saturated carbocycles. The van der Waals surface area contributed by atoms with Gasteiger partial charge in [0.25, 0.3) is 0 Å². The Hall–Kier alpha value is -3.15. The summed E-state index contributed by atoms with van der Waals surface area (Å²) in [5, 5.41) is 11.4. The third kappa shape index (κ3) is 5.41. The zero-order valence-electron chi connectivity index (χ0n) is 15.4. The van der Waals surface area contributed by atoms with Gasteiger partial charge in [0, 0.05) is 6.42 Å². The van der Waals surface area contributed by atoms with Crippen LogP contribution in [0.15, 0.2) is 67.0 Å². The number of hydrogen-bond acceptors (Lipinski definition) is 4. The number of aromatic nitrogens is 3. The number of amides is 1. The van der Waals surface area contributed by atoms with Crippen molar-refractivity contribution >= 4 is 5.91 Å². The van der Waals surface area contributed by atoms with Gasteiger partial charge >= 0.3 is 0 Å². The molecule has 0 radical (unpaired) electrons. The predicted molar refractivity (Wildman–Crippen MR) is 103 cm³/mol. The van der Waals surface area contributed by atoms with Gasteiger partial charge in [-0.05, 0) is 30.5 Å². The summed E-state index contributed by atoms with van der Waals surface area (Å²) in [6, 6.07) is 17.5. The van der Waals surface area contributed by atoms with E-state index < -0.39 is 0 Å². The second-order valence-electron chi connectivity index (χ2n) is 6.16. The van der Waals surface area contributed by atoms with Crippen LogP contribution >= 0.6 is 0 Å². The Morgan fingerprint density at radius 1 is 1.07 bits per heavy atom. The van der Waals surface area contributed by atoms with Crippen LogP contribution in [0.3, 0.4) is 0 Å². The van der Waals surface area contributed by atoms with Crippen LogP contribution in [0.4, 0.5) is 0 Å². The highest BCUT2D eigenvalue weighted by Gasteiger charge is 2.16. The van der Waals surface area contributed by atoms with Crippen LogP contribution in [-0.4, -0.2) is 27.5 Å². The number of para-hydroxylation sites is 1. The molecule has 6 heteroatoms. The first kappa shape index (κ1) is 18.6. The van der Waals surface area contributed by atoms with Gasteiger partial charge in [-0.3, -0.25) is 4.79 Å². The molecule has 1 N–H and O–H groups in total. The first-order valence-corrected chi connectivity index (χ1v) is 9.15. The summed E-state index contributed by atoms with van der Waals surface area (Å²) >= 11 is 0. The Balaban J connectivity index is 1.64. The minimum Gasteiger partial charge on any atom is -0.494 e. The summed E-state index contributed by atoms with van der Waals surface area (Å²) in [5.74, 6) is 0.829. The zero-order chi connectivity index (χ0) is 18.9. The van der Waals surface area contributed by atoms with Crippen molar-refractivity contribution in [1.29, 1.82) is 0 Å². The number of benzene rings is 2. The summed E-state index contributed by atoms with van der Waals surface area (Å²) < 4.78 is 5.64. The minimum absolute atomic E-state index is 0.0117. The first-order chi connectivity index (χ1) is 13.3. The Morgan fingerprint density at radius 2 is 1.78 bits per heavy atom. The fraction of sp³-hybridized carbons (Fsp3) is 0.286. The summed E-state index contributed by atoms with van der Waals surface area (Å²) in [4.78, 5) is 14.2. The third-order valence-corrected chi connectivity index (χ3v) is 4.24. The van der Waals surface area contributed by atoms with Gasteiger partial charge < -0.3 is 10.1 Å². The summed E-state index contributed by atoms with van der Waals surface area (Å²) in [7, 11) is 0. The average molecular weight is 364 g/mol. The maximum absolute atomic E-state index is 12.6. The topological polar surface area (TPSA) is 69.0 Å². The van der Waals surface area contributed by atoms with Crippen LogP contribution in [0.5, 0.6) is 5.75 Å². The normalized spacial score (nSPS) is 11.7. The highest BCUT2D eigenvalue weighted by molar-refractivity contribution is 5.76. The fourth-order valence-electron chi connectivity index (χ4n) is 2.94. The van der Waals surface area contributed by atoms with Crippen LogP contribution in [0, 0.1) is 0 Å². The fourth-order valence-corrected chi connectivity index (χ4v) is 2.94. The first-order valence-electron chi connectivity index (χ1n) is 9.15. The molecule has 27 heavy (non-hydrogen) atoms. The molecule has 1 amide bonds. The Labute approximate surface area is 159 Å². The van der Waals surface area contributed by atoms with Gasteiger partial charge in [-0.25, -0.2) is 0 Å². The van der Waals surface area contributed by atoms with E-state index in [0.29, 0.717) is 26.0 Å². The molecule has 1 aromatic heterocycles. The van der Waals surface area contributed by atoms with Crippen molar-refractivity contribution in [2.75, 3.05) is 6.61 Å². The molecule has 3 aromatic rings. The quantitative estimate of drug-likeness (QED) is 0.633. The molecular formula is C21H24N4O2. The number of aryl methyl sites for hydroxylation is 1. The van der Waals surface area contributed by atoms with Crippen molar-refractivity contribution in [3.63, 3.8) is 0 Å². The lowest BCUT2D eigenvalue weighted by atomic mass is 10.1. The molecule has 0 aliphatic rings. The summed E-state index contributed by atoms with van der Waals surface area (Å²) in [6.45, 7) is 3.05. The predicted octanol–water partition coefficient (Wildman–Crippen LogP) is 3.17. The number of carbonyl (C=O) groups is 1. The molecule has 6 nitrogen and oxygen atoms in total. The number of ether oxygens (including phenoxy) is 1. The summed E-state index contributed by atoms with van der Waals surface area (Å²) in [5.41, 5.74) is 2.07. The molecule has 0 spiro atoms. The molecule has 140 valence electrons. The second kappa shape index (κ2) is 9.52. The average Bonchev–Trinajstić information content (AvgIpc) is 3.21. The van der Waals surface area contributed by atoms with E-state index in [1.54, 1.807) is 17.2 Å². The maximum Gasteiger partial charge on any atom is 0.220 e. The van der Waals surface area contributed by atoms with Gasteiger partial charge in [0.1, 0.15) is 5.75 Å². The van der Waals surface area contributed by atoms with Gasteiger partial charge in [0.2, 0.25) is 5.91 Å². The zero-order valence-corrected chi connectivity index (χ0v) is 15.4. The molecule has 0 aliphatic carbocycles. The lowest BCUT2D eigenvalue weighted by Crippen LogP contribution is -2.32. The highest BCUT2D eigenvalue weighted by Crippen LogP contribution is 2.20. The van der Waals surface area contributed by atoms with Gasteiger partial charge in [-0.1, -0.05) is 48.5 Å².